The number of carbonyl (C=O) groups is 1. The van der Waals surface area contributed by atoms with Gasteiger partial charge in [-0.1, -0.05) is 11.2 Å². The van der Waals surface area contributed by atoms with Gasteiger partial charge in [-0.25, -0.2) is 19.3 Å². The van der Waals surface area contributed by atoms with E-state index in [9.17, 15) is 14.3 Å². The van der Waals surface area contributed by atoms with Crippen molar-refractivity contribution in [2.45, 2.75) is 37.1 Å². The van der Waals surface area contributed by atoms with E-state index >= 15 is 0 Å². The normalized spacial score (nSPS) is 25.5. The first kappa shape index (κ1) is 19.6. The third-order valence-corrected chi connectivity index (χ3v) is 5.77. The van der Waals surface area contributed by atoms with Gasteiger partial charge in [0, 0.05) is 38.3 Å². The van der Waals surface area contributed by atoms with Crippen molar-refractivity contribution < 1.29 is 18.8 Å². The molecular weight excluding hydrogens is 403 g/mol. The number of rotatable bonds is 5. The number of hydrogen-bond donors (Lipinski definition) is 2. The molecule has 4 heterocycles. The fourth-order valence-corrected chi connectivity index (χ4v) is 3.81. The number of amides is 1. The van der Waals surface area contributed by atoms with E-state index in [0.29, 0.717) is 48.1 Å². The van der Waals surface area contributed by atoms with Crippen LogP contribution in [0.25, 0.3) is 22.8 Å². The van der Waals surface area contributed by atoms with Gasteiger partial charge in [-0.15, -0.1) is 0 Å². The average molecular weight is 424 g/mol. The Kier molecular flexibility index (Phi) is 4.66. The number of nitrogens with zero attached hydrogens (tertiary/aromatic N) is 5. The molecule has 1 saturated carbocycles. The molecule has 1 aliphatic carbocycles. The van der Waals surface area contributed by atoms with Crippen molar-refractivity contribution in [2.24, 2.45) is 0 Å². The van der Waals surface area contributed by atoms with Gasteiger partial charge in [0.1, 0.15) is 11.9 Å². The lowest BCUT2D eigenvalue weighted by atomic mass is 9.91. The summed E-state index contributed by atoms with van der Waals surface area (Å²) < 4.78 is 18.4. The number of pyridine rings is 1. The highest BCUT2D eigenvalue weighted by Gasteiger charge is 2.48. The Morgan fingerprint density at radius 1 is 1.19 bits per heavy atom. The molecule has 10 heteroatoms. The number of likely N-dealkylation sites (N-methyl/N-ethyl adjacent to an activating group) is 1. The summed E-state index contributed by atoms with van der Waals surface area (Å²) >= 11 is 0. The number of alkyl halides is 1. The largest absolute Gasteiger partial charge is 0.373 e. The summed E-state index contributed by atoms with van der Waals surface area (Å²) in [5, 5.41) is 17.9. The van der Waals surface area contributed by atoms with Gasteiger partial charge in [-0.05, 0) is 31.0 Å². The Balaban J connectivity index is 1.39. The maximum Gasteiger partial charge on any atom is 0.262 e. The van der Waals surface area contributed by atoms with Gasteiger partial charge in [-0.2, -0.15) is 0 Å². The zero-order valence-electron chi connectivity index (χ0n) is 16.8. The molecule has 1 aliphatic heterocycles. The number of anilines is 1. The minimum Gasteiger partial charge on any atom is -0.373 e. The molecule has 0 aromatic carbocycles. The van der Waals surface area contributed by atoms with Gasteiger partial charge in [0.15, 0.2) is 5.76 Å². The van der Waals surface area contributed by atoms with Gasteiger partial charge >= 0.3 is 0 Å². The van der Waals surface area contributed by atoms with E-state index in [1.54, 1.807) is 37.5 Å². The molecule has 2 aliphatic rings. The molecular formula is C21H21FN6O3. The zero-order valence-corrected chi connectivity index (χ0v) is 16.8. The predicted molar refractivity (Wildman–Crippen MR) is 108 cm³/mol. The topological polar surface area (TPSA) is 117 Å². The molecule has 3 aromatic rings. The van der Waals surface area contributed by atoms with Crippen LogP contribution >= 0.6 is 0 Å². The number of halogens is 1. The molecule has 9 nitrogen and oxygen atoms in total. The Hall–Kier alpha value is -3.40. The van der Waals surface area contributed by atoms with E-state index in [1.807, 2.05) is 6.07 Å². The van der Waals surface area contributed by atoms with Crippen LogP contribution < -0.4 is 5.32 Å². The van der Waals surface area contributed by atoms with Crippen LogP contribution in [0.3, 0.4) is 0 Å². The Morgan fingerprint density at radius 2 is 1.94 bits per heavy atom. The molecule has 31 heavy (non-hydrogen) atoms. The SMILES string of the molecule is CN1CC[C@@](O)(c2cc(-c3cccc(-c4ccnc(N[C@H]5C[C@H](F)C5)n4)n3)no2)C1=O. The number of aliphatic hydroxyl groups is 1. The van der Waals surface area contributed by atoms with Crippen LogP contribution in [0.5, 0.6) is 0 Å². The molecule has 5 rings (SSSR count). The van der Waals surface area contributed by atoms with Crippen molar-refractivity contribution in [3.8, 4) is 22.8 Å². The van der Waals surface area contributed by atoms with Crippen molar-refractivity contribution in [1.82, 2.24) is 25.0 Å². The van der Waals surface area contributed by atoms with Gasteiger partial charge < -0.3 is 19.8 Å². The van der Waals surface area contributed by atoms with Crippen LogP contribution in [0, 0.1) is 0 Å². The molecule has 1 saturated heterocycles. The third kappa shape index (κ3) is 3.52. The van der Waals surface area contributed by atoms with E-state index in [2.05, 4.69) is 25.4 Å². The molecule has 0 unspecified atom stereocenters. The molecule has 2 N–H and O–H groups in total. The van der Waals surface area contributed by atoms with Gasteiger partial charge in [0.2, 0.25) is 11.5 Å². The standard InChI is InChI=1S/C21H21FN6O3/c1-28-8-6-21(30,19(28)29)18-11-17(27-31-18)15-4-2-3-14(25-15)16-5-7-23-20(26-16)24-13-9-12(22)10-13/h2-5,7,11-13,30H,6,8-10H2,1H3,(H,23,24,26)/t12-,13-,21-/m1/s1. The van der Waals surface area contributed by atoms with Gasteiger partial charge in [0.25, 0.3) is 5.91 Å². The van der Waals surface area contributed by atoms with Gasteiger partial charge in [0.05, 0.1) is 17.1 Å². The maximum atomic E-state index is 13.0. The average Bonchev–Trinajstić information content (AvgIpc) is 3.36. The molecule has 0 bridgehead atoms. The lowest BCUT2D eigenvalue weighted by molar-refractivity contribution is -0.144. The zero-order chi connectivity index (χ0) is 21.6. The summed E-state index contributed by atoms with van der Waals surface area (Å²) in [5.74, 6) is 0.115. The predicted octanol–water partition coefficient (Wildman–Crippen LogP) is 2.16. The number of carbonyl (C=O) groups excluding carboxylic acids is 1. The molecule has 1 atom stereocenters. The highest BCUT2D eigenvalue weighted by atomic mass is 19.1. The molecule has 0 radical (unpaired) electrons. The van der Waals surface area contributed by atoms with Crippen LogP contribution in [-0.2, 0) is 10.4 Å². The Bertz CT molecular complexity index is 1130. The van der Waals surface area contributed by atoms with Crippen molar-refractivity contribution in [3.63, 3.8) is 0 Å². The maximum absolute atomic E-state index is 13.0. The first-order valence-corrected chi connectivity index (χ1v) is 10.1. The van der Waals surface area contributed by atoms with Crippen LogP contribution in [0.1, 0.15) is 25.0 Å². The first-order chi connectivity index (χ1) is 14.9. The Morgan fingerprint density at radius 3 is 2.65 bits per heavy atom. The van der Waals surface area contributed by atoms with Crippen LogP contribution in [0.4, 0.5) is 10.3 Å². The molecule has 0 spiro atoms. The fraction of sp³-hybridized carbons (Fsp3) is 0.381. The summed E-state index contributed by atoms with van der Waals surface area (Å²) in [6, 6.07) is 8.69. The molecule has 3 aromatic heterocycles. The van der Waals surface area contributed by atoms with E-state index in [1.165, 1.54) is 4.90 Å². The lowest BCUT2D eigenvalue weighted by Crippen LogP contribution is -2.37. The number of aromatic nitrogens is 4. The lowest BCUT2D eigenvalue weighted by Gasteiger charge is -2.30. The first-order valence-electron chi connectivity index (χ1n) is 10.1. The minimum absolute atomic E-state index is 0.0428. The highest BCUT2D eigenvalue weighted by Crippen LogP contribution is 2.34. The number of nitrogens with one attached hydrogen (secondary N) is 1. The van der Waals surface area contributed by atoms with Crippen molar-refractivity contribution >= 4 is 11.9 Å². The van der Waals surface area contributed by atoms with Crippen molar-refractivity contribution in [1.29, 1.82) is 0 Å². The number of hydrogen-bond acceptors (Lipinski definition) is 8. The fourth-order valence-electron chi connectivity index (χ4n) is 3.81. The molecule has 160 valence electrons. The highest BCUT2D eigenvalue weighted by molar-refractivity contribution is 5.87. The van der Waals surface area contributed by atoms with Crippen molar-refractivity contribution in [3.05, 3.63) is 42.3 Å². The second-order valence-electron chi connectivity index (χ2n) is 8.00. The van der Waals surface area contributed by atoms with E-state index in [4.69, 9.17) is 4.52 Å². The summed E-state index contributed by atoms with van der Waals surface area (Å²) in [6.45, 7) is 0.441. The third-order valence-electron chi connectivity index (χ3n) is 5.77. The van der Waals surface area contributed by atoms with E-state index in [0.717, 1.165) is 0 Å². The molecule has 2 fully saturated rings. The van der Waals surface area contributed by atoms with E-state index < -0.39 is 17.7 Å². The van der Waals surface area contributed by atoms with Crippen LogP contribution in [0.2, 0.25) is 0 Å². The van der Waals surface area contributed by atoms with E-state index in [-0.39, 0.29) is 18.2 Å². The minimum atomic E-state index is -1.70. The second kappa shape index (κ2) is 7.38. The van der Waals surface area contributed by atoms with Crippen LogP contribution in [0.15, 0.2) is 41.1 Å². The summed E-state index contributed by atoms with van der Waals surface area (Å²) in [5.41, 5.74) is 0.418. The second-order valence-corrected chi connectivity index (χ2v) is 8.00. The van der Waals surface area contributed by atoms with Crippen molar-refractivity contribution in [2.75, 3.05) is 18.9 Å². The molecule has 1 amide bonds. The van der Waals surface area contributed by atoms with Gasteiger partial charge in [-0.3, -0.25) is 4.79 Å². The quantitative estimate of drug-likeness (QED) is 0.640. The summed E-state index contributed by atoms with van der Waals surface area (Å²) in [6.07, 6.45) is 2.02. The van der Waals surface area contributed by atoms with Crippen LogP contribution in [-0.4, -0.2) is 61.8 Å². The smallest absolute Gasteiger partial charge is 0.262 e. The monoisotopic (exact) mass is 424 g/mol. The number of likely N-dealkylation sites (tertiary alicyclic amines) is 1. The Labute approximate surface area is 177 Å². The summed E-state index contributed by atoms with van der Waals surface area (Å²) in [4.78, 5) is 27.0. The summed E-state index contributed by atoms with van der Waals surface area (Å²) in [7, 11) is 1.63.